The summed E-state index contributed by atoms with van der Waals surface area (Å²) in [5, 5.41) is 2.61. The lowest BCUT2D eigenvalue weighted by Gasteiger charge is -2.06. The minimum absolute atomic E-state index is 0.104. The smallest absolute Gasteiger partial charge is 0.293 e. The van der Waals surface area contributed by atoms with Crippen molar-refractivity contribution in [2.75, 3.05) is 11.9 Å². The van der Waals surface area contributed by atoms with Crippen LogP contribution in [0.2, 0.25) is 0 Å². The molecule has 0 fully saturated rings. The van der Waals surface area contributed by atoms with Crippen LogP contribution in [0.4, 0.5) is 10.1 Å². The summed E-state index contributed by atoms with van der Waals surface area (Å²) < 4.78 is 18.2. The number of hydrogen-bond donors (Lipinski definition) is 2. The zero-order valence-electron chi connectivity index (χ0n) is 10.7. The normalized spacial score (nSPS) is 9.75. The Hall–Kier alpha value is -2.65. The first-order chi connectivity index (χ1) is 9.61. The molecule has 0 saturated carbocycles. The number of halogens is 1. The molecular formula is C14H12FN3O2. The van der Waals surface area contributed by atoms with Crippen LogP contribution in [-0.4, -0.2) is 17.4 Å². The maximum Gasteiger partial charge on any atom is 0.293 e. The van der Waals surface area contributed by atoms with E-state index >= 15 is 0 Å². The number of nitrogens with zero attached hydrogens (tertiary/aromatic N) is 1. The predicted octanol–water partition coefficient (Wildman–Crippen LogP) is 1.68. The lowest BCUT2D eigenvalue weighted by Crippen LogP contribution is -2.13. The number of benzene rings is 1. The van der Waals surface area contributed by atoms with Gasteiger partial charge in [0.1, 0.15) is 5.82 Å². The number of anilines is 1. The van der Waals surface area contributed by atoms with Gasteiger partial charge in [-0.15, -0.1) is 0 Å². The van der Waals surface area contributed by atoms with E-state index in [1.54, 1.807) is 6.92 Å². The average Bonchev–Trinajstić information content (AvgIpc) is 2.85. The lowest BCUT2D eigenvalue weighted by atomic mass is 10.1. The van der Waals surface area contributed by atoms with Crippen LogP contribution >= 0.6 is 0 Å². The maximum atomic E-state index is 13.2. The Morgan fingerprint density at radius 1 is 1.55 bits per heavy atom. The Bertz CT molecular complexity index is 698. The second kappa shape index (κ2) is 5.99. The SMILES string of the molecule is Cc1ncoc1C(=O)Nc1ccc(F)cc1C#CCN. The highest BCUT2D eigenvalue weighted by Crippen LogP contribution is 2.18. The molecule has 0 aliphatic heterocycles. The van der Waals surface area contributed by atoms with E-state index in [2.05, 4.69) is 22.1 Å². The molecule has 1 amide bonds. The number of carbonyl (C=O) groups is 1. The van der Waals surface area contributed by atoms with Crippen LogP contribution in [0.1, 0.15) is 21.8 Å². The van der Waals surface area contributed by atoms with E-state index in [0.29, 0.717) is 16.9 Å². The van der Waals surface area contributed by atoms with Gasteiger partial charge in [0.25, 0.3) is 5.91 Å². The van der Waals surface area contributed by atoms with Gasteiger partial charge >= 0.3 is 0 Å². The molecular weight excluding hydrogens is 261 g/mol. The molecule has 0 aliphatic rings. The lowest BCUT2D eigenvalue weighted by molar-refractivity contribution is 0.0996. The van der Waals surface area contributed by atoms with Crippen molar-refractivity contribution in [1.29, 1.82) is 0 Å². The number of aromatic nitrogens is 1. The van der Waals surface area contributed by atoms with Crippen molar-refractivity contribution in [3.63, 3.8) is 0 Å². The Morgan fingerprint density at radius 3 is 3.00 bits per heavy atom. The zero-order chi connectivity index (χ0) is 14.5. The van der Waals surface area contributed by atoms with Gasteiger partial charge in [-0.05, 0) is 25.1 Å². The number of nitrogens with two attached hydrogens (primary N) is 1. The van der Waals surface area contributed by atoms with Crippen molar-refractivity contribution in [2.45, 2.75) is 6.92 Å². The van der Waals surface area contributed by atoms with Crippen molar-refractivity contribution in [3.8, 4) is 11.8 Å². The highest BCUT2D eigenvalue weighted by Gasteiger charge is 2.15. The van der Waals surface area contributed by atoms with Gasteiger partial charge in [0.2, 0.25) is 5.76 Å². The molecule has 0 spiro atoms. The monoisotopic (exact) mass is 273 g/mol. The number of amides is 1. The molecule has 0 radical (unpaired) electrons. The van der Waals surface area contributed by atoms with Crippen molar-refractivity contribution < 1.29 is 13.6 Å². The number of oxazole rings is 1. The summed E-state index contributed by atoms with van der Waals surface area (Å²) in [5.74, 6) is 4.51. The first kappa shape index (κ1) is 13.8. The van der Waals surface area contributed by atoms with Gasteiger partial charge in [-0.2, -0.15) is 0 Å². The van der Waals surface area contributed by atoms with E-state index in [4.69, 9.17) is 10.2 Å². The summed E-state index contributed by atoms with van der Waals surface area (Å²) in [6.07, 6.45) is 1.18. The largest absolute Gasteiger partial charge is 0.438 e. The van der Waals surface area contributed by atoms with Crippen LogP contribution in [0.5, 0.6) is 0 Å². The van der Waals surface area contributed by atoms with E-state index in [1.165, 1.54) is 24.6 Å². The first-order valence-electron chi connectivity index (χ1n) is 5.81. The third-order valence-electron chi connectivity index (χ3n) is 2.51. The molecule has 1 aromatic heterocycles. The van der Waals surface area contributed by atoms with Gasteiger partial charge in [0.15, 0.2) is 6.39 Å². The molecule has 2 aromatic rings. The average molecular weight is 273 g/mol. The fraction of sp³-hybridized carbons (Fsp3) is 0.143. The molecule has 0 bridgehead atoms. The summed E-state index contributed by atoms with van der Waals surface area (Å²) in [5.41, 5.74) is 6.49. The van der Waals surface area contributed by atoms with E-state index in [-0.39, 0.29) is 12.3 Å². The third-order valence-corrected chi connectivity index (χ3v) is 2.51. The molecule has 3 N–H and O–H groups in total. The van der Waals surface area contributed by atoms with Gasteiger partial charge in [-0.25, -0.2) is 9.37 Å². The van der Waals surface area contributed by atoms with Crippen LogP contribution in [0.15, 0.2) is 29.0 Å². The molecule has 6 heteroatoms. The van der Waals surface area contributed by atoms with E-state index in [1.807, 2.05) is 0 Å². The highest BCUT2D eigenvalue weighted by atomic mass is 19.1. The number of aryl methyl sites for hydroxylation is 1. The van der Waals surface area contributed by atoms with E-state index in [9.17, 15) is 9.18 Å². The van der Waals surface area contributed by atoms with E-state index in [0.717, 1.165) is 0 Å². The maximum absolute atomic E-state index is 13.2. The molecule has 0 saturated heterocycles. The molecule has 0 unspecified atom stereocenters. The molecule has 1 heterocycles. The number of hydrogen-bond acceptors (Lipinski definition) is 4. The molecule has 20 heavy (non-hydrogen) atoms. The van der Waals surface area contributed by atoms with Crippen LogP contribution in [0, 0.1) is 24.6 Å². The standard InChI is InChI=1S/C14H12FN3O2/c1-9-13(20-8-17-9)14(19)18-12-5-4-11(15)7-10(12)3-2-6-16/h4-5,7-8H,6,16H2,1H3,(H,18,19). The number of nitrogens with one attached hydrogen (secondary N) is 1. The molecule has 0 aliphatic carbocycles. The number of carbonyl (C=O) groups excluding carboxylic acids is 1. The Kier molecular flexibility index (Phi) is 4.13. The second-order valence-corrected chi connectivity index (χ2v) is 3.92. The van der Waals surface area contributed by atoms with Crippen molar-refractivity contribution in [2.24, 2.45) is 5.73 Å². The highest BCUT2D eigenvalue weighted by molar-refractivity contribution is 6.03. The molecule has 0 atom stereocenters. The zero-order valence-corrected chi connectivity index (χ0v) is 10.7. The van der Waals surface area contributed by atoms with Crippen LogP contribution < -0.4 is 11.1 Å². The van der Waals surface area contributed by atoms with Crippen molar-refractivity contribution in [1.82, 2.24) is 4.98 Å². The predicted molar refractivity (Wildman–Crippen MR) is 71.5 cm³/mol. The topological polar surface area (TPSA) is 81.2 Å². The first-order valence-corrected chi connectivity index (χ1v) is 5.81. The number of rotatable bonds is 2. The Morgan fingerprint density at radius 2 is 2.35 bits per heavy atom. The minimum Gasteiger partial charge on any atom is -0.438 e. The minimum atomic E-state index is -0.470. The second-order valence-electron chi connectivity index (χ2n) is 3.92. The molecule has 1 aromatic carbocycles. The van der Waals surface area contributed by atoms with Gasteiger partial charge < -0.3 is 15.5 Å². The fourth-order valence-electron chi connectivity index (χ4n) is 1.57. The van der Waals surface area contributed by atoms with Crippen LogP contribution in [0.25, 0.3) is 0 Å². The summed E-state index contributed by atoms with van der Waals surface area (Å²) >= 11 is 0. The van der Waals surface area contributed by atoms with Crippen molar-refractivity contribution in [3.05, 3.63) is 47.4 Å². The molecule has 102 valence electrons. The third kappa shape index (κ3) is 3.02. The van der Waals surface area contributed by atoms with Gasteiger partial charge in [0, 0.05) is 0 Å². The van der Waals surface area contributed by atoms with E-state index < -0.39 is 11.7 Å². The summed E-state index contributed by atoms with van der Waals surface area (Å²) in [6, 6.07) is 3.89. The van der Waals surface area contributed by atoms with Gasteiger partial charge in [-0.1, -0.05) is 11.8 Å². The molecule has 5 nitrogen and oxygen atoms in total. The fourth-order valence-corrected chi connectivity index (χ4v) is 1.57. The summed E-state index contributed by atoms with van der Waals surface area (Å²) in [6.45, 7) is 1.79. The van der Waals surface area contributed by atoms with Gasteiger partial charge in [0.05, 0.1) is 23.5 Å². The van der Waals surface area contributed by atoms with Gasteiger partial charge in [-0.3, -0.25) is 4.79 Å². The van der Waals surface area contributed by atoms with Crippen LogP contribution in [0.3, 0.4) is 0 Å². The summed E-state index contributed by atoms with van der Waals surface area (Å²) in [7, 11) is 0. The van der Waals surface area contributed by atoms with Crippen molar-refractivity contribution >= 4 is 11.6 Å². The summed E-state index contributed by atoms with van der Waals surface area (Å²) in [4.78, 5) is 15.8. The van der Waals surface area contributed by atoms with Crippen LogP contribution in [-0.2, 0) is 0 Å². The quantitative estimate of drug-likeness (QED) is 0.816. The Labute approximate surface area is 115 Å². The Balaban J connectivity index is 2.29. The molecule has 2 rings (SSSR count).